The molecule has 3 rings (SSSR count). The fourth-order valence-corrected chi connectivity index (χ4v) is 4.90. The topological polar surface area (TPSA) is 97.0 Å². The summed E-state index contributed by atoms with van der Waals surface area (Å²) >= 11 is 6.10. The third-order valence-corrected chi connectivity index (χ3v) is 6.94. The van der Waals surface area contributed by atoms with Gasteiger partial charge in [0.2, 0.25) is 10.0 Å². The Kier molecular flexibility index (Phi) is 9.20. The number of nitrogens with zero attached hydrogens (tertiary/aromatic N) is 2. The molecule has 1 saturated heterocycles. The van der Waals surface area contributed by atoms with Crippen LogP contribution in [0.15, 0.2) is 52.4 Å². The lowest BCUT2D eigenvalue weighted by Gasteiger charge is -2.25. The highest BCUT2D eigenvalue weighted by atomic mass is 127. The maximum Gasteiger partial charge on any atom is 0.243 e. The molecule has 3 N–H and O–H groups in total. The van der Waals surface area contributed by atoms with Gasteiger partial charge in [-0.05, 0) is 48.7 Å². The molecule has 1 aliphatic rings. The highest BCUT2D eigenvalue weighted by Crippen LogP contribution is 2.27. The molecular formula is C20H26ClIN4O3S. The molecule has 0 saturated carbocycles. The first-order valence-corrected chi connectivity index (χ1v) is 11.2. The van der Waals surface area contributed by atoms with Crippen molar-refractivity contribution in [2.75, 3.05) is 25.5 Å². The second-order valence-corrected chi connectivity index (χ2v) is 9.13. The van der Waals surface area contributed by atoms with E-state index in [9.17, 15) is 8.42 Å². The number of ether oxygens (including phenoxy) is 1. The Bertz CT molecular complexity index is 978. The molecule has 1 heterocycles. The number of hydrogen-bond donors (Lipinski definition) is 2. The van der Waals surface area contributed by atoms with Crippen LogP contribution in [0.2, 0.25) is 5.02 Å². The third-order valence-electron chi connectivity index (χ3n) is 4.73. The van der Waals surface area contributed by atoms with Gasteiger partial charge in [0, 0.05) is 18.8 Å². The number of sulfonamides is 1. The van der Waals surface area contributed by atoms with Crippen LogP contribution in [-0.4, -0.2) is 38.9 Å². The summed E-state index contributed by atoms with van der Waals surface area (Å²) in [6, 6.07) is 12.0. The van der Waals surface area contributed by atoms with E-state index < -0.39 is 10.0 Å². The van der Waals surface area contributed by atoms with Crippen LogP contribution in [0.25, 0.3) is 0 Å². The minimum atomic E-state index is -3.42. The number of benzene rings is 2. The number of anilines is 1. The lowest BCUT2D eigenvalue weighted by Crippen LogP contribution is -2.35. The summed E-state index contributed by atoms with van der Waals surface area (Å²) in [6.45, 7) is 1.50. The van der Waals surface area contributed by atoms with E-state index in [1.165, 1.54) is 0 Å². The van der Waals surface area contributed by atoms with Crippen LogP contribution in [-0.2, 0) is 16.6 Å². The van der Waals surface area contributed by atoms with E-state index in [0.29, 0.717) is 41.0 Å². The normalized spacial score (nSPS) is 15.3. The van der Waals surface area contributed by atoms with Gasteiger partial charge in [-0.15, -0.1) is 24.0 Å². The second-order valence-electron chi connectivity index (χ2n) is 6.78. The number of methoxy groups -OCH3 is 1. The van der Waals surface area contributed by atoms with E-state index in [1.807, 2.05) is 0 Å². The van der Waals surface area contributed by atoms with Gasteiger partial charge in [-0.2, -0.15) is 4.31 Å². The maximum atomic E-state index is 12.7. The van der Waals surface area contributed by atoms with Gasteiger partial charge in [-0.3, -0.25) is 0 Å². The highest BCUT2D eigenvalue weighted by molar-refractivity contribution is 14.0. The van der Waals surface area contributed by atoms with Gasteiger partial charge in [-0.1, -0.05) is 30.2 Å². The molecule has 0 radical (unpaired) electrons. The average molecular weight is 565 g/mol. The zero-order valence-electron chi connectivity index (χ0n) is 16.7. The van der Waals surface area contributed by atoms with Crippen molar-refractivity contribution in [3.63, 3.8) is 0 Å². The van der Waals surface area contributed by atoms with Crippen molar-refractivity contribution in [1.82, 2.24) is 4.31 Å². The monoisotopic (exact) mass is 564 g/mol. The van der Waals surface area contributed by atoms with Gasteiger partial charge < -0.3 is 15.8 Å². The standard InChI is InChI=1S/C20H25ClN4O3S.HI/c1-28-19-10-7-16(13-18(19)21)24-20(22)23-14-15-5-8-17(9-6-15)29(26,27)25-11-3-2-4-12-25;/h5-10,13H,2-4,11-12,14H2,1H3,(H3,22,23,24);1H. The predicted octanol–water partition coefficient (Wildman–Crippen LogP) is 4.07. The first kappa shape index (κ1) is 24.7. The van der Waals surface area contributed by atoms with Crippen LogP contribution < -0.4 is 15.8 Å². The van der Waals surface area contributed by atoms with Gasteiger partial charge in [0.25, 0.3) is 0 Å². The first-order chi connectivity index (χ1) is 13.9. The molecule has 0 amide bonds. The van der Waals surface area contributed by atoms with E-state index >= 15 is 0 Å². The summed E-state index contributed by atoms with van der Waals surface area (Å²) in [5, 5.41) is 3.44. The molecule has 0 spiro atoms. The molecule has 1 aliphatic heterocycles. The molecule has 7 nitrogen and oxygen atoms in total. The quantitative estimate of drug-likeness (QED) is 0.313. The summed E-state index contributed by atoms with van der Waals surface area (Å²) in [5.41, 5.74) is 7.49. The first-order valence-electron chi connectivity index (χ1n) is 9.40. The summed E-state index contributed by atoms with van der Waals surface area (Å²) in [6.07, 6.45) is 2.91. The smallest absolute Gasteiger partial charge is 0.243 e. The Morgan fingerprint density at radius 2 is 1.83 bits per heavy atom. The van der Waals surface area contributed by atoms with Crippen LogP contribution in [0.1, 0.15) is 24.8 Å². The molecular weight excluding hydrogens is 539 g/mol. The Hall–Kier alpha value is -1.56. The van der Waals surface area contributed by atoms with Crippen LogP contribution in [0.4, 0.5) is 5.69 Å². The number of rotatable bonds is 6. The molecule has 2 aromatic rings. The lowest BCUT2D eigenvalue weighted by atomic mass is 10.2. The minimum absolute atomic E-state index is 0. The van der Waals surface area contributed by atoms with Crippen molar-refractivity contribution in [1.29, 1.82) is 0 Å². The Labute approximate surface area is 199 Å². The van der Waals surface area contributed by atoms with Crippen LogP contribution >= 0.6 is 35.6 Å². The minimum Gasteiger partial charge on any atom is -0.495 e. The van der Waals surface area contributed by atoms with Crippen LogP contribution in [0.5, 0.6) is 5.75 Å². The van der Waals surface area contributed by atoms with Gasteiger partial charge in [0.05, 0.1) is 23.6 Å². The fourth-order valence-electron chi connectivity index (χ4n) is 3.13. The van der Waals surface area contributed by atoms with Crippen molar-refractivity contribution in [3.05, 3.63) is 53.1 Å². The number of hydrogen-bond acceptors (Lipinski definition) is 4. The molecule has 10 heteroatoms. The predicted molar refractivity (Wildman–Crippen MR) is 131 cm³/mol. The van der Waals surface area contributed by atoms with Crippen molar-refractivity contribution in [3.8, 4) is 5.75 Å². The number of nitrogens with one attached hydrogen (secondary N) is 1. The lowest BCUT2D eigenvalue weighted by molar-refractivity contribution is 0.346. The summed E-state index contributed by atoms with van der Waals surface area (Å²) in [7, 11) is -1.87. The molecule has 0 bridgehead atoms. The molecule has 0 aliphatic carbocycles. The molecule has 1 fully saturated rings. The van der Waals surface area contributed by atoms with E-state index in [1.54, 1.807) is 53.9 Å². The van der Waals surface area contributed by atoms with Crippen LogP contribution in [0.3, 0.4) is 0 Å². The van der Waals surface area contributed by atoms with Gasteiger partial charge >= 0.3 is 0 Å². The van der Waals surface area contributed by atoms with Crippen molar-refractivity contribution in [2.24, 2.45) is 10.7 Å². The molecule has 0 aromatic heterocycles. The summed E-state index contributed by atoms with van der Waals surface area (Å²) < 4.78 is 32.1. The molecule has 0 unspecified atom stereocenters. The number of guanidine groups is 1. The van der Waals surface area contributed by atoms with E-state index in [2.05, 4.69) is 10.3 Å². The number of piperidine rings is 1. The second kappa shape index (κ2) is 11.2. The van der Waals surface area contributed by atoms with Gasteiger partial charge in [-0.25, -0.2) is 13.4 Å². The number of halogens is 2. The summed E-state index contributed by atoms with van der Waals surface area (Å²) in [4.78, 5) is 4.60. The summed E-state index contributed by atoms with van der Waals surface area (Å²) in [5.74, 6) is 0.809. The Morgan fingerprint density at radius 3 is 2.43 bits per heavy atom. The van der Waals surface area contributed by atoms with Crippen molar-refractivity contribution < 1.29 is 13.2 Å². The molecule has 164 valence electrons. The van der Waals surface area contributed by atoms with Crippen LogP contribution in [0, 0.1) is 0 Å². The van der Waals surface area contributed by atoms with Crippen molar-refractivity contribution in [2.45, 2.75) is 30.7 Å². The molecule has 30 heavy (non-hydrogen) atoms. The maximum absolute atomic E-state index is 12.7. The number of aliphatic imine (C=N–C) groups is 1. The molecule has 2 aromatic carbocycles. The largest absolute Gasteiger partial charge is 0.495 e. The Morgan fingerprint density at radius 1 is 1.17 bits per heavy atom. The van der Waals surface area contributed by atoms with Crippen molar-refractivity contribution >= 4 is 57.2 Å². The van der Waals surface area contributed by atoms with E-state index in [4.69, 9.17) is 22.1 Å². The van der Waals surface area contributed by atoms with E-state index in [-0.39, 0.29) is 29.9 Å². The van der Waals surface area contributed by atoms with Gasteiger partial charge in [0.1, 0.15) is 5.75 Å². The number of nitrogens with two attached hydrogens (primary N) is 1. The zero-order chi connectivity index (χ0) is 20.9. The zero-order valence-corrected chi connectivity index (χ0v) is 20.6. The highest BCUT2D eigenvalue weighted by Gasteiger charge is 2.25. The SMILES string of the molecule is COc1ccc(NC(N)=NCc2ccc(S(=O)(=O)N3CCCCC3)cc2)cc1Cl.I. The molecule has 0 atom stereocenters. The Balaban J connectivity index is 0.00000320. The third kappa shape index (κ3) is 6.22. The van der Waals surface area contributed by atoms with Gasteiger partial charge in [0.15, 0.2) is 5.96 Å². The average Bonchev–Trinajstić information content (AvgIpc) is 2.73. The van der Waals surface area contributed by atoms with E-state index in [0.717, 1.165) is 24.8 Å². The fraction of sp³-hybridized carbons (Fsp3) is 0.350.